The maximum atomic E-state index is 13.0. The molecule has 0 spiro atoms. The number of rotatable bonds is 3. The van der Waals surface area contributed by atoms with Gasteiger partial charge in [0.2, 0.25) is 0 Å². The molecule has 1 saturated carbocycles. The Labute approximate surface area is 140 Å². The quantitative estimate of drug-likeness (QED) is 0.804. The minimum Gasteiger partial charge on any atom is -0.349 e. The van der Waals surface area contributed by atoms with E-state index >= 15 is 0 Å². The molecule has 5 nitrogen and oxygen atoms in total. The first-order valence-corrected chi connectivity index (χ1v) is 7.49. The molecule has 3 rings (SSSR count). The van der Waals surface area contributed by atoms with Gasteiger partial charge in [-0.1, -0.05) is 0 Å². The topological polar surface area (TPSA) is 83.8 Å². The Morgan fingerprint density at radius 2 is 1.87 bits per heavy atom. The van der Waals surface area contributed by atoms with E-state index in [9.17, 15) is 9.18 Å². The number of aromatic amines is 1. The second-order valence-electron chi connectivity index (χ2n) is 5.75. The molecule has 0 saturated heterocycles. The highest BCUT2D eigenvalue weighted by atomic mass is 35.5. The van der Waals surface area contributed by atoms with Gasteiger partial charge in [0.15, 0.2) is 0 Å². The Bertz CT molecular complexity index is 650. The largest absolute Gasteiger partial charge is 0.349 e. The van der Waals surface area contributed by atoms with Crippen molar-refractivity contribution in [2.45, 2.75) is 37.8 Å². The minimum absolute atomic E-state index is 0. The van der Waals surface area contributed by atoms with Gasteiger partial charge >= 0.3 is 0 Å². The van der Waals surface area contributed by atoms with Gasteiger partial charge in [0.05, 0.1) is 17.5 Å². The first-order valence-electron chi connectivity index (χ1n) is 7.49. The van der Waals surface area contributed by atoms with Gasteiger partial charge in [0.25, 0.3) is 5.91 Å². The van der Waals surface area contributed by atoms with Crippen molar-refractivity contribution in [3.8, 4) is 11.3 Å². The Morgan fingerprint density at radius 1 is 1.22 bits per heavy atom. The highest BCUT2D eigenvalue weighted by molar-refractivity contribution is 5.99. The number of hydrogen-bond acceptors (Lipinski definition) is 3. The normalized spacial score (nSPS) is 20.6. The lowest BCUT2D eigenvalue weighted by molar-refractivity contribution is 0.0926. The monoisotopic (exact) mass is 338 g/mol. The first kappa shape index (κ1) is 17.4. The number of amides is 1. The molecule has 1 aromatic heterocycles. The van der Waals surface area contributed by atoms with Crippen molar-refractivity contribution >= 4 is 18.3 Å². The number of carbonyl (C=O) groups excluding carboxylic acids is 1. The predicted octanol–water partition coefficient (Wildman–Crippen LogP) is 2.64. The molecule has 1 fully saturated rings. The average Bonchev–Trinajstić information content (AvgIpc) is 3.00. The zero-order valence-corrected chi connectivity index (χ0v) is 13.4. The van der Waals surface area contributed by atoms with Gasteiger partial charge in [-0.2, -0.15) is 5.10 Å². The SMILES string of the molecule is Cl.NC1CCC(NC(=O)c2cn[nH]c2-c2ccc(F)cc2)CC1. The van der Waals surface area contributed by atoms with E-state index in [-0.39, 0.29) is 36.2 Å². The lowest BCUT2D eigenvalue weighted by Gasteiger charge is -2.26. The molecule has 7 heteroatoms. The van der Waals surface area contributed by atoms with E-state index in [1.165, 1.54) is 18.3 Å². The Hall–Kier alpha value is -1.92. The van der Waals surface area contributed by atoms with E-state index in [1.54, 1.807) is 12.1 Å². The van der Waals surface area contributed by atoms with E-state index in [0.717, 1.165) is 31.2 Å². The van der Waals surface area contributed by atoms with Crippen LogP contribution in [-0.2, 0) is 0 Å². The fraction of sp³-hybridized carbons (Fsp3) is 0.375. The lowest BCUT2D eigenvalue weighted by Crippen LogP contribution is -2.40. The molecular formula is C16H20ClFN4O. The van der Waals surface area contributed by atoms with Gasteiger partial charge < -0.3 is 11.1 Å². The van der Waals surface area contributed by atoms with E-state index in [2.05, 4.69) is 15.5 Å². The third-order valence-electron chi connectivity index (χ3n) is 4.12. The Kier molecular flexibility index (Phi) is 5.74. The van der Waals surface area contributed by atoms with Gasteiger partial charge in [-0.25, -0.2) is 4.39 Å². The predicted molar refractivity (Wildman–Crippen MR) is 88.9 cm³/mol. The standard InChI is InChI=1S/C16H19FN4O.ClH/c17-11-3-1-10(2-4-11)15-14(9-19-21-15)16(22)20-13-7-5-12(18)6-8-13;/h1-4,9,12-13H,5-8,18H2,(H,19,21)(H,20,22);1H. The molecule has 0 aliphatic heterocycles. The van der Waals surface area contributed by atoms with Gasteiger partial charge in [-0.05, 0) is 49.9 Å². The van der Waals surface area contributed by atoms with Crippen LogP contribution < -0.4 is 11.1 Å². The number of hydrogen-bond donors (Lipinski definition) is 3. The minimum atomic E-state index is -0.312. The van der Waals surface area contributed by atoms with Crippen LogP contribution in [0.15, 0.2) is 30.5 Å². The van der Waals surface area contributed by atoms with Crippen LogP contribution >= 0.6 is 12.4 Å². The highest BCUT2D eigenvalue weighted by Gasteiger charge is 2.22. The molecule has 1 aliphatic rings. The molecule has 1 amide bonds. The van der Waals surface area contributed by atoms with Crippen molar-refractivity contribution in [3.05, 3.63) is 41.8 Å². The highest BCUT2D eigenvalue weighted by Crippen LogP contribution is 2.22. The molecule has 124 valence electrons. The first-order chi connectivity index (χ1) is 10.6. The summed E-state index contributed by atoms with van der Waals surface area (Å²) in [7, 11) is 0. The summed E-state index contributed by atoms with van der Waals surface area (Å²) in [6.45, 7) is 0. The average molecular weight is 339 g/mol. The second-order valence-corrected chi connectivity index (χ2v) is 5.75. The number of benzene rings is 1. The summed E-state index contributed by atoms with van der Waals surface area (Å²) in [4.78, 5) is 12.4. The third kappa shape index (κ3) is 4.09. The van der Waals surface area contributed by atoms with Crippen molar-refractivity contribution in [3.63, 3.8) is 0 Å². The third-order valence-corrected chi connectivity index (χ3v) is 4.12. The number of aromatic nitrogens is 2. The lowest BCUT2D eigenvalue weighted by atomic mass is 9.91. The Balaban J connectivity index is 0.00000192. The smallest absolute Gasteiger partial charge is 0.255 e. The van der Waals surface area contributed by atoms with Gasteiger partial charge in [-0.3, -0.25) is 9.89 Å². The van der Waals surface area contributed by atoms with Crippen LogP contribution in [0.4, 0.5) is 4.39 Å². The van der Waals surface area contributed by atoms with Crippen LogP contribution in [0.2, 0.25) is 0 Å². The van der Waals surface area contributed by atoms with Gasteiger partial charge in [0, 0.05) is 17.6 Å². The second kappa shape index (κ2) is 7.57. The number of H-pyrrole nitrogens is 1. The van der Waals surface area contributed by atoms with Crippen molar-refractivity contribution in [2.24, 2.45) is 5.73 Å². The summed E-state index contributed by atoms with van der Waals surface area (Å²) in [5, 5.41) is 9.80. The molecule has 2 aromatic rings. The van der Waals surface area contributed by atoms with Crippen molar-refractivity contribution in [2.75, 3.05) is 0 Å². The Morgan fingerprint density at radius 3 is 2.52 bits per heavy atom. The van der Waals surface area contributed by atoms with E-state index < -0.39 is 0 Å². The van der Waals surface area contributed by atoms with E-state index in [1.807, 2.05) is 0 Å². The molecule has 23 heavy (non-hydrogen) atoms. The van der Waals surface area contributed by atoms with Crippen LogP contribution in [0.5, 0.6) is 0 Å². The molecule has 1 aromatic carbocycles. The number of carbonyl (C=O) groups is 1. The van der Waals surface area contributed by atoms with Gasteiger partial charge in [-0.15, -0.1) is 12.4 Å². The number of halogens is 2. The van der Waals surface area contributed by atoms with Crippen LogP contribution in [0.25, 0.3) is 11.3 Å². The summed E-state index contributed by atoms with van der Waals surface area (Å²) in [5.41, 5.74) is 7.68. The number of nitrogens with two attached hydrogens (primary N) is 1. The number of nitrogens with one attached hydrogen (secondary N) is 2. The van der Waals surface area contributed by atoms with Gasteiger partial charge in [0.1, 0.15) is 5.82 Å². The molecule has 0 bridgehead atoms. The molecular weight excluding hydrogens is 319 g/mol. The zero-order chi connectivity index (χ0) is 15.5. The molecule has 4 N–H and O–H groups in total. The summed E-state index contributed by atoms with van der Waals surface area (Å²) in [5.74, 6) is -0.471. The summed E-state index contributed by atoms with van der Waals surface area (Å²) in [6.07, 6.45) is 5.16. The van der Waals surface area contributed by atoms with Crippen molar-refractivity contribution < 1.29 is 9.18 Å². The van der Waals surface area contributed by atoms with Crippen LogP contribution in [0.1, 0.15) is 36.0 Å². The van der Waals surface area contributed by atoms with E-state index in [0.29, 0.717) is 11.3 Å². The molecule has 1 heterocycles. The molecule has 0 unspecified atom stereocenters. The maximum absolute atomic E-state index is 13.0. The maximum Gasteiger partial charge on any atom is 0.255 e. The molecule has 0 atom stereocenters. The summed E-state index contributed by atoms with van der Waals surface area (Å²) >= 11 is 0. The molecule has 0 radical (unpaired) electrons. The van der Waals surface area contributed by atoms with Crippen LogP contribution in [0, 0.1) is 5.82 Å². The fourth-order valence-corrected chi connectivity index (χ4v) is 2.82. The van der Waals surface area contributed by atoms with E-state index in [4.69, 9.17) is 5.73 Å². The van der Waals surface area contributed by atoms with Crippen LogP contribution in [0.3, 0.4) is 0 Å². The van der Waals surface area contributed by atoms with Crippen molar-refractivity contribution in [1.29, 1.82) is 0 Å². The summed E-state index contributed by atoms with van der Waals surface area (Å²) < 4.78 is 13.0. The van der Waals surface area contributed by atoms with Crippen molar-refractivity contribution in [1.82, 2.24) is 15.5 Å². The molecule has 1 aliphatic carbocycles. The summed E-state index contributed by atoms with van der Waals surface area (Å²) in [6, 6.07) is 6.37. The zero-order valence-electron chi connectivity index (χ0n) is 12.6. The fourth-order valence-electron chi connectivity index (χ4n) is 2.82. The van der Waals surface area contributed by atoms with Crippen LogP contribution in [-0.4, -0.2) is 28.2 Å². The number of nitrogens with zero attached hydrogens (tertiary/aromatic N) is 1.